The first-order valence-electron chi connectivity index (χ1n) is 6.77. The number of nitrogens with zero attached hydrogens (tertiary/aromatic N) is 2. The predicted octanol–water partition coefficient (Wildman–Crippen LogP) is 3.30. The zero-order valence-electron chi connectivity index (χ0n) is 12.0. The van der Waals surface area contributed by atoms with E-state index in [0.29, 0.717) is 12.1 Å². The summed E-state index contributed by atoms with van der Waals surface area (Å²) in [6, 6.07) is 13.5. The highest BCUT2D eigenvalue weighted by Gasteiger charge is 2.09. The number of para-hydroxylation sites is 2. The van der Waals surface area contributed by atoms with Gasteiger partial charge >= 0.3 is 0 Å². The van der Waals surface area contributed by atoms with Crippen LogP contribution in [0.25, 0.3) is 11.0 Å². The van der Waals surface area contributed by atoms with Crippen LogP contribution in [0.4, 0.5) is 0 Å². The Kier molecular flexibility index (Phi) is 3.44. The van der Waals surface area contributed by atoms with Crippen molar-refractivity contribution in [2.24, 2.45) is 0 Å². The maximum absolute atomic E-state index is 11.6. The van der Waals surface area contributed by atoms with Gasteiger partial charge in [0.1, 0.15) is 5.75 Å². The molecule has 106 valence electrons. The highest BCUT2D eigenvalue weighted by molar-refractivity contribution is 5.94. The van der Waals surface area contributed by atoms with Crippen molar-refractivity contribution in [3.8, 4) is 5.75 Å². The molecule has 0 spiro atoms. The van der Waals surface area contributed by atoms with Crippen molar-refractivity contribution in [2.45, 2.75) is 13.5 Å². The quantitative estimate of drug-likeness (QED) is 0.689. The summed E-state index contributed by atoms with van der Waals surface area (Å²) in [5.74, 6) is 0.826. The summed E-state index contributed by atoms with van der Waals surface area (Å²) < 4.78 is 7.45. The lowest BCUT2D eigenvalue weighted by molar-refractivity contribution is 0.101. The van der Waals surface area contributed by atoms with Gasteiger partial charge in [-0.3, -0.25) is 4.79 Å². The van der Waals surface area contributed by atoms with Gasteiger partial charge in [-0.1, -0.05) is 12.1 Å². The van der Waals surface area contributed by atoms with E-state index < -0.39 is 0 Å². The Morgan fingerprint density at radius 2 is 2.05 bits per heavy atom. The minimum atomic E-state index is 0.0504. The lowest BCUT2D eigenvalue weighted by Crippen LogP contribution is -2.03. The van der Waals surface area contributed by atoms with Crippen LogP contribution in [0.1, 0.15) is 22.8 Å². The minimum absolute atomic E-state index is 0.0504. The topological polar surface area (TPSA) is 44.1 Å². The summed E-state index contributed by atoms with van der Waals surface area (Å²) >= 11 is 0. The van der Waals surface area contributed by atoms with Crippen molar-refractivity contribution in [3.63, 3.8) is 0 Å². The fourth-order valence-corrected chi connectivity index (χ4v) is 2.44. The Labute approximate surface area is 123 Å². The normalized spacial score (nSPS) is 10.8. The Morgan fingerprint density at radius 3 is 2.81 bits per heavy atom. The van der Waals surface area contributed by atoms with Gasteiger partial charge in [0, 0.05) is 11.1 Å². The zero-order chi connectivity index (χ0) is 14.8. The molecule has 4 heteroatoms. The zero-order valence-corrected chi connectivity index (χ0v) is 12.0. The number of ether oxygens (including phenoxy) is 1. The van der Waals surface area contributed by atoms with Gasteiger partial charge < -0.3 is 9.30 Å². The van der Waals surface area contributed by atoms with Crippen LogP contribution >= 0.6 is 0 Å². The fraction of sp³-hybridized carbons (Fsp3) is 0.176. The third kappa shape index (κ3) is 2.52. The Hall–Kier alpha value is -2.62. The molecule has 0 atom stereocenters. The van der Waals surface area contributed by atoms with Gasteiger partial charge in [0.25, 0.3) is 0 Å². The number of rotatable bonds is 4. The first kappa shape index (κ1) is 13.4. The molecule has 2 aromatic carbocycles. The third-order valence-electron chi connectivity index (χ3n) is 3.55. The molecule has 0 aliphatic carbocycles. The van der Waals surface area contributed by atoms with Crippen molar-refractivity contribution in [1.29, 1.82) is 0 Å². The maximum Gasteiger partial charge on any atom is 0.159 e. The molecule has 0 bridgehead atoms. The number of methoxy groups -OCH3 is 1. The van der Waals surface area contributed by atoms with E-state index in [1.807, 2.05) is 42.7 Å². The van der Waals surface area contributed by atoms with Crippen LogP contribution in [0.3, 0.4) is 0 Å². The van der Waals surface area contributed by atoms with Crippen LogP contribution < -0.4 is 4.74 Å². The third-order valence-corrected chi connectivity index (χ3v) is 3.55. The second-order valence-corrected chi connectivity index (χ2v) is 4.94. The van der Waals surface area contributed by atoms with E-state index in [9.17, 15) is 4.79 Å². The molecule has 0 amide bonds. The van der Waals surface area contributed by atoms with E-state index in [4.69, 9.17) is 4.74 Å². The number of aromatic nitrogens is 2. The monoisotopic (exact) mass is 280 g/mol. The van der Waals surface area contributed by atoms with E-state index in [-0.39, 0.29) is 5.78 Å². The van der Waals surface area contributed by atoms with E-state index in [1.165, 1.54) is 0 Å². The van der Waals surface area contributed by atoms with Crippen LogP contribution in [0.5, 0.6) is 5.75 Å². The second kappa shape index (κ2) is 5.40. The number of benzene rings is 2. The molecular weight excluding hydrogens is 264 g/mol. The lowest BCUT2D eigenvalue weighted by Gasteiger charge is -2.11. The highest BCUT2D eigenvalue weighted by Crippen LogP contribution is 2.23. The highest BCUT2D eigenvalue weighted by atomic mass is 16.5. The number of carbonyl (C=O) groups is 1. The molecule has 0 aliphatic rings. The maximum atomic E-state index is 11.6. The van der Waals surface area contributed by atoms with Crippen LogP contribution in [0.15, 0.2) is 48.8 Å². The number of ketones is 1. The summed E-state index contributed by atoms with van der Waals surface area (Å²) in [4.78, 5) is 15.9. The van der Waals surface area contributed by atoms with Crippen molar-refractivity contribution < 1.29 is 9.53 Å². The van der Waals surface area contributed by atoms with Crippen molar-refractivity contribution >= 4 is 16.8 Å². The van der Waals surface area contributed by atoms with Crippen LogP contribution in [0.2, 0.25) is 0 Å². The molecule has 1 aromatic heterocycles. The van der Waals surface area contributed by atoms with Gasteiger partial charge in [-0.15, -0.1) is 0 Å². The Bertz CT molecular complexity index is 805. The molecule has 0 saturated carbocycles. The molecule has 0 radical (unpaired) electrons. The summed E-state index contributed by atoms with van der Waals surface area (Å²) in [5, 5.41) is 0. The average Bonchev–Trinajstić information content (AvgIpc) is 2.90. The smallest absolute Gasteiger partial charge is 0.159 e. The summed E-state index contributed by atoms with van der Waals surface area (Å²) in [6.45, 7) is 2.18. The Balaban J connectivity index is 2.04. The first-order valence-corrected chi connectivity index (χ1v) is 6.77. The Morgan fingerprint density at radius 1 is 1.24 bits per heavy atom. The van der Waals surface area contributed by atoms with Crippen LogP contribution in [-0.4, -0.2) is 22.4 Å². The molecule has 0 unspecified atom stereocenters. The average molecular weight is 280 g/mol. The molecule has 0 fully saturated rings. The van der Waals surface area contributed by atoms with Gasteiger partial charge in [-0.05, 0) is 37.3 Å². The molecule has 0 N–H and O–H groups in total. The summed E-state index contributed by atoms with van der Waals surface area (Å²) in [6.07, 6.45) is 1.81. The molecule has 21 heavy (non-hydrogen) atoms. The van der Waals surface area contributed by atoms with Crippen LogP contribution in [-0.2, 0) is 6.54 Å². The van der Waals surface area contributed by atoms with E-state index in [2.05, 4.69) is 9.55 Å². The number of hydrogen-bond acceptors (Lipinski definition) is 3. The largest absolute Gasteiger partial charge is 0.496 e. The number of carbonyl (C=O) groups excluding carboxylic acids is 1. The van der Waals surface area contributed by atoms with Crippen molar-refractivity contribution in [3.05, 3.63) is 59.9 Å². The van der Waals surface area contributed by atoms with Gasteiger partial charge in [-0.25, -0.2) is 4.98 Å². The van der Waals surface area contributed by atoms with Crippen molar-refractivity contribution in [1.82, 2.24) is 9.55 Å². The molecule has 0 saturated heterocycles. The van der Waals surface area contributed by atoms with Gasteiger partial charge in [0.2, 0.25) is 0 Å². The van der Waals surface area contributed by atoms with Gasteiger partial charge in [-0.2, -0.15) is 0 Å². The summed E-state index contributed by atoms with van der Waals surface area (Å²) in [5.41, 5.74) is 3.68. The molecule has 3 rings (SSSR count). The first-order chi connectivity index (χ1) is 10.2. The molecular formula is C17H16N2O2. The number of imidazole rings is 1. The number of fused-ring (bicyclic) bond motifs is 1. The molecule has 1 heterocycles. The number of hydrogen-bond donors (Lipinski definition) is 0. The van der Waals surface area contributed by atoms with Gasteiger partial charge in [0.05, 0.1) is 31.0 Å². The fourth-order valence-electron chi connectivity index (χ4n) is 2.44. The lowest BCUT2D eigenvalue weighted by atomic mass is 10.1. The van der Waals surface area contributed by atoms with Crippen molar-refractivity contribution in [2.75, 3.05) is 7.11 Å². The SMILES string of the molecule is COc1ccc(C(C)=O)cc1Cn1cnc2ccccc21. The molecule has 3 aromatic rings. The second-order valence-electron chi connectivity index (χ2n) is 4.94. The standard InChI is InChI=1S/C17H16N2O2/c1-12(20)13-7-8-17(21-2)14(9-13)10-19-11-18-15-5-3-4-6-16(15)19/h3-9,11H,10H2,1-2H3. The number of Topliss-reactive ketones (excluding diaryl/α,β-unsaturated/α-hetero) is 1. The van der Waals surface area contributed by atoms with Gasteiger partial charge in [0.15, 0.2) is 5.78 Å². The van der Waals surface area contributed by atoms with E-state index in [0.717, 1.165) is 22.3 Å². The predicted molar refractivity (Wildman–Crippen MR) is 81.8 cm³/mol. The molecule has 4 nitrogen and oxygen atoms in total. The van der Waals surface area contributed by atoms with E-state index in [1.54, 1.807) is 20.1 Å². The van der Waals surface area contributed by atoms with E-state index >= 15 is 0 Å². The summed E-state index contributed by atoms with van der Waals surface area (Å²) in [7, 11) is 1.64. The van der Waals surface area contributed by atoms with Crippen LogP contribution in [0, 0.1) is 0 Å². The molecule has 0 aliphatic heterocycles. The minimum Gasteiger partial charge on any atom is -0.496 e.